The van der Waals surface area contributed by atoms with E-state index >= 15 is 0 Å². The van der Waals surface area contributed by atoms with Crippen molar-refractivity contribution in [2.24, 2.45) is 0 Å². The van der Waals surface area contributed by atoms with E-state index in [-0.39, 0.29) is 0 Å². The molecule has 1 aliphatic heterocycles. The Bertz CT molecular complexity index is 605. The van der Waals surface area contributed by atoms with Gasteiger partial charge in [0.15, 0.2) is 0 Å². The van der Waals surface area contributed by atoms with Crippen LogP contribution in [0.5, 0.6) is 0 Å². The Morgan fingerprint density at radius 3 is 2.48 bits per heavy atom. The first kappa shape index (κ1) is 18.0. The van der Waals surface area contributed by atoms with Crippen molar-refractivity contribution in [3.8, 4) is 0 Å². The maximum Gasteiger partial charge on any atom is 0.263 e. The van der Waals surface area contributed by atoms with Crippen LogP contribution in [0.4, 0.5) is 0 Å². The summed E-state index contributed by atoms with van der Waals surface area (Å²) in [7, 11) is -3.48. The molecule has 1 fully saturated rings. The molecule has 0 unspecified atom stereocenters. The molecule has 23 heavy (non-hydrogen) atoms. The summed E-state index contributed by atoms with van der Waals surface area (Å²) in [6.07, 6.45) is 4.40. The van der Waals surface area contributed by atoms with E-state index in [1.807, 2.05) is 32.1 Å². The van der Waals surface area contributed by atoms with Crippen molar-refractivity contribution in [2.45, 2.75) is 25.2 Å². The second-order valence-electron chi connectivity index (χ2n) is 5.73. The third kappa shape index (κ3) is 5.06. The molecule has 0 bridgehead atoms. The molecule has 1 aliphatic rings. The van der Waals surface area contributed by atoms with Crippen LogP contribution in [-0.4, -0.2) is 57.0 Å². The molecule has 0 spiro atoms. The highest BCUT2D eigenvalue weighted by Gasteiger charge is 2.20. The normalized spacial score (nSPS) is 16.8. The minimum Gasteiger partial charge on any atom is -0.379 e. The molecule has 0 aliphatic carbocycles. The number of ether oxygens (including phenoxy) is 1. The Kier molecular flexibility index (Phi) is 6.62. The summed E-state index contributed by atoms with van der Waals surface area (Å²) in [5, 5.41) is 0. The summed E-state index contributed by atoms with van der Waals surface area (Å²) in [4.78, 5) is 2.59. The maximum atomic E-state index is 12.8. The van der Waals surface area contributed by atoms with Crippen LogP contribution in [0.25, 0.3) is 0 Å². The molecule has 0 atom stereocenters. The molecule has 0 saturated carbocycles. The molecule has 0 N–H and O–H groups in total. The summed E-state index contributed by atoms with van der Waals surface area (Å²) in [5.74, 6) is 0. The van der Waals surface area contributed by atoms with E-state index in [9.17, 15) is 8.42 Å². The summed E-state index contributed by atoms with van der Waals surface area (Å²) in [6.45, 7) is 8.42. The Morgan fingerprint density at radius 1 is 1.22 bits per heavy atom. The number of morpholine rings is 1. The fourth-order valence-electron chi connectivity index (χ4n) is 2.44. The Morgan fingerprint density at radius 2 is 1.87 bits per heavy atom. The standard InChI is InChI=1S/C17H26N2O3S/c1-3-9-19(11-4-10-18-12-14-22-15-13-18)23(20,21)17-7-5-16(2)6-8-17/h4-8,11H,3,9-10,12-15H2,1-2H3/b11-4+. The molecule has 5 nitrogen and oxygen atoms in total. The zero-order chi connectivity index (χ0) is 16.7. The first-order valence-electron chi connectivity index (χ1n) is 8.09. The molecule has 2 rings (SSSR count). The lowest BCUT2D eigenvalue weighted by molar-refractivity contribution is 0.0433. The van der Waals surface area contributed by atoms with E-state index in [0.717, 1.165) is 44.8 Å². The van der Waals surface area contributed by atoms with Gasteiger partial charge in [0.1, 0.15) is 0 Å². The van der Waals surface area contributed by atoms with Gasteiger partial charge >= 0.3 is 0 Å². The van der Waals surface area contributed by atoms with Crippen LogP contribution in [0.2, 0.25) is 0 Å². The van der Waals surface area contributed by atoms with Gasteiger partial charge in [-0.05, 0) is 25.5 Å². The van der Waals surface area contributed by atoms with E-state index in [4.69, 9.17) is 4.74 Å². The molecule has 128 valence electrons. The highest BCUT2D eigenvalue weighted by molar-refractivity contribution is 7.89. The van der Waals surface area contributed by atoms with Gasteiger partial charge in [-0.25, -0.2) is 8.42 Å². The van der Waals surface area contributed by atoms with Gasteiger partial charge in [-0.3, -0.25) is 9.21 Å². The van der Waals surface area contributed by atoms with Crippen LogP contribution in [0.3, 0.4) is 0 Å². The lowest BCUT2D eigenvalue weighted by atomic mass is 10.2. The highest BCUT2D eigenvalue weighted by atomic mass is 32.2. The van der Waals surface area contributed by atoms with Crippen molar-refractivity contribution in [1.29, 1.82) is 0 Å². The predicted molar refractivity (Wildman–Crippen MR) is 91.8 cm³/mol. The lowest BCUT2D eigenvalue weighted by Gasteiger charge is -2.25. The number of sulfonamides is 1. The van der Waals surface area contributed by atoms with Crippen molar-refractivity contribution in [1.82, 2.24) is 9.21 Å². The third-order valence-electron chi connectivity index (χ3n) is 3.81. The van der Waals surface area contributed by atoms with Crippen molar-refractivity contribution in [3.63, 3.8) is 0 Å². The van der Waals surface area contributed by atoms with Gasteiger partial charge in [0.05, 0.1) is 18.1 Å². The Balaban J connectivity index is 2.08. The lowest BCUT2D eigenvalue weighted by Crippen LogP contribution is -2.36. The van der Waals surface area contributed by atoms with Crippen molar-refractivity contribution in [3.05, 3.63) is 42.1 Å². The van der Waals surface area contributed by atoms with E-state index in [1.165, 1.54) is 4.31 Å². The summed E-state index contributed by atoms with van der Waals surface area (Å²) >= 11 is 0. The van der Waals surface area contributed by atoms with Gasteiger partial charge in [-0.2, -0.15) is 0 Å². The average molecular weight is 338 g/mol. The zero-order valence-corrected chi connectivity index (χ0v) is 14.8. The third-order valence-corrected chi connectivity index (χ3v) is 5.60. The molecule has 1 aromatic rings. The molecule has 0 aromatic heterocycles. The predicted octanol–water partition coefficient (Wildman–Crippen LogP) is 2.24. The van der Waals surface area contributed by atoms with Gasteiger partial charge in [-0.1, -0.05) is 30.7 Å². The Labute approximate surface area is 139 Å². The van der Waals surface area contributed by atoms with E-state index < -0.39 is 10.0 Å². The molecular weight excluding hydrogens is 312 g/mol. The SMILES string of the molecule is CCCN(/C=C/CN1CCOCC1)S(=O)(=O)c1ccc(C)cc1. The van der Waals surface area contributed by atoms with Gasteiger partial charge in [0.25, 0.3) is 10.0 Å². The summed E-state index contributed by atoms with van der Waals surface area (Å²) in [5.41, 5.74) is 1.05. The van der Waals surface area contributed by atoms with Gasteiger partial charge in [0.2, 0.25) is 0 Å². The van der Waals surface area contributed by atoms with Crippen molar-refractivity contribution < 1.29 is 13.2 Å². The van der Waals surface area contributed by atoms with Crippen LogP contribution in [0, 0.1) is 6.92 Å². The molecule has 1 saturated heterocycles. The van der Waals surface area contributed by atoms with Crippen LogP contribution in [0.1, 0.15) is 18.9 Å². The van der Waals surface area contributed by atoms with Crippen LogP contribution >= 0.6 is 0 Å². The second-order valence-corrected chi connectivity index (χ2v) is 7.62. The largest absolute Gasteiger partial charge is 0.379 e. The van der Waals surface area contributed by atoms with Gasteiger partial charge in [0, 0.05) is 32.4 Å². The summed E-state index contributed by atoms with van der Waals surface area (Å²) < 4.78 is 32.3. The average Bonchev–Trinajstić information content (AvgIpc) is 2.55. The topological polar surface area (TPSA) is 49.9 Å². The minimum absolute atomic E-state index is 0.340. The quantitative estimate of drug-likeness (QED) is 0.765. The van der Waals surface area contributed by atoms with E-state index in [0.29, 0.717) is 11.4 Å². The minimum atomic E-state index is -3.48. The fourth-order valence-corrected chi connectivity index (χ4v) is 3.86. The molecule has 1 heterocycles. The maximum absolute atomic E-state index is 12.8. The van der Waals surface area contributed by atoms with Crippen molar-refractivity contribution in [2.75, 3.05) is 39.4 Å². The molecule has 6 heteroatoms. The first-order valence-corrected chi connectivity index (χ1v) is 9.53. The molecular formula is C17H26N2O3S. The molecule has 0 radical (unpaired) electrons. The number of rotatable bonds is 7. The first-order chi connectivity index (χ1) is 11.0. The van der Waals surface area contributed by atoms with E-state index in [1.54, 1.807) is 18.3 Å². The number of hydrogen-bond donors (Lipinski definition) is 0. The fraction of sp³-hybridized carbons (Fsp3) is 0.529. The van der Waals surface area contributed by atoms with Crippen LogP contribution < -0.4 is 0 Å². The Hall–Kier alpha value is -1.37. The number of benzene rings is 1. The second kappa shape index (κ2) is 8.47. The summed E-state index contributed by atoms with van der Waals surface area (Å²) in [6, 6.07) is 7.00. The monoisotopic (exact) mass is 338 g/mol. The molecule has 1 aromatic carbocycles. The van der Waals surface area contributed by atoms with Crippen LogP contribution in [-0.2, 0) is 14.8 Å². The number of hydrogen-bond acceptors (Lipinski definition) is 4. The molecule has 0 amide bonds. The van der Waals surface area contributed by atoms with E-state index in [2.05, 4.69) is 4.90 Å². The smallest absolute Gasteiger partial charge is 0.263 e. The number of aryl methyl sites for hydroxylation is 1. The van der Waals surface area contributed by atoms with Crippen LogP contribution in [0.15, 0.2) is 41.4 Å². The number of nitrogens with zero attached hydrogens (tertiary/aromatic N) is 2. The van der Waals surface area contributed by atoms with Crippen molar-refractivity contribution >= 4 is 10.0 Å². The highest BCUT2D eigenvalue weighted by Crippen LogP contribution is 2.17. The zero-order valence-electron chi connectivity index (χ0n) is 13.9. The van der Waals surface area contributed by atoms with Gasteiger partial charge < -0.3 is 4.74 Å². The van der Waals surface area contributed by atoms with Gasteiger partial charge in [-0.15, -0.1) is 0 Å².